The molecule has 4 N–H and O–H groups in total. The zero-order valence-electron chi connectivity index (χ0n) is 16.0. The molecule has 0 aromatic carbocycles. The summed E-state index contributed by atoms with van der Waals surface area (Å²) in [5.74, 6) is -1.88. The van der Waals surface area contributed by atoms with Gasteiger partial charge < -0.3 is 44.4 Å². The first-order valence-electron chi connectivity index (χ1n) is 9.00. The third kappa shape index (κ3) is 16.5. The number of rotatable bonds is 20. The van der Waals surface area contributed by atoms with Gasteiger partial charge in [-0.3, -0.25) is 9.59 Å². The van der Waals surface area contributed by atoms with E-state index in [1.165, 1.54) is 0 Å². The first kappa shape index (κ1) is 26.4. The maximum Gasteiger partial charge on any atom is 0.306 e. The predicted octanol–water partition coefficient (Wildman–Crippen LogP) is -1.65. The fraction of sp³-hybridized carbons (Fsp3) is 0.824. The van der Waals surface area contributed by atoms with E-state index < -0.39 is 36.9 Å². The summed E-state index contributed by atoms with van der Waals surface area (Å²) in [6, 6.07) is 0. The van der Waals surface area contributed by atoms with E-state index in [0.717, 1.165) is 6.29 Å². The quantitative estimate of drug-likeness (QED) is 0.135. The third-order valence-electron chi connectivity index (χ3n) is 3.33. The molecule has 164 valence electrons. The molecular formula is C17H31NO10. The van der Waals surface area contributed by atoms with Crippen LogP contribution < -0.4 is 5.32 Å². The van der Waals surface area contributed by atoms with Crippen LogP contribution in [0.5, 0.6) is 0 Å². The first-order valence-corrected chi connectivity index (χ1v) is 9.00. The van der Waals surface area contributed by atoms with E-state index >= 15 is 0 Å². The molecule has 0 fully saturated rings. The standard InChI is InChI=1S/C17H31NO10/c19-3-1-4-25-6-8-27-10-11-28-9-7-26-5-2-18-15(21)12-17(24,14-20)13-16(22)23/h3,20,24H,1-2,4-14H2,(H,18,21)(H,22,23). The number of carboxylic acids is 1. The van der Waals surface area contributed by atoms with Crippen molar-refractivity contribution >= 4 is 18.2 Å². The second kappa shape index (κ2) is 17.5. The van der Waals surface area contributed by atoms with E-state index in [2.05, 4.69) is 5.32 Å². The summed E-state index contributed by atoms with van der Waals surface area (Å²) in [6.45, 7) is 2.32. The predicted molar refractivity (Wildman–Crippen MR) is 95.9 cm³/mol. The van der Waals surface area contributed by atoms with Crippen molar-refractivity contribution in [3.63, 3.8) is 0 Å². The van der Waals surface area contributed by atoms with Crippen LogP contribution in [0, 0.1) is 0 Å². The fourth-order valence-electron chi connectivity index (χ4n) is 1.97. The van der Waals surface area contributed by atoms with Crippen molar-refractivity contribution in [3.05, 3.63) is 0 Å². The van der Waals surface area contributed by atoms with Gasteiger partial charge in [-0.2, -0.15) is 0 Å². The molecule has 0 aliphatic carbocycles. The van der Waals surface area contributed by atoms with E-state index in [4.69, 9.17) is 29.2 Å². The lowest BCUT2D eigenvalue weighted by molar-refractivity contribution is -0.146. The van der Waals surface area contributed by atoms with Gasteiger partial charge in [-0.15, -0.1) is 0 Å². The number of amides is 1. The molecule has 0 aliphatic rings. The minimum absolute atomic E-state index is 0.181. The minimum atomic E-state index is -1.98. The maximum atomic E-state index is 11.6. The Kier molecular flexibility index (Phi) is 16.5. The van der Waals surface area contributed by atoms with E-state index in [1.807, 2.05) is 0 Å². The van der Waals surface area contributed by atoms with Crippen molar-refractivity contribution < 1.29 is 48.7 Å². The van der Waals surface area contributed by atoms with Gasteiger partial charge in [0.1, 0.15) is 11.9 Å². The number of aliphatic carboxylic acids is 1. The second-order valence-corrected chi connectivity index (χ2v) is 5.88. The molecule has 28 heavy (non-hydrogen) atoms. The van der Waals surface area contributed by atoms with Crippen molar-refractivity contribution in [1.82, 2.24) is 5.32 Å². The Morgan fingerprint density at radius 3 is 1.82 bits per heavy atom. The minimum Gasteiger partial charge on any atom is -0.481 e. The number of ether oxygens (including phenoxy) is 4. The highest BCUT2D eigenvalue weighted by Crippen LogP contribution is 2.14. The van der Waals surface area contributed by atoms with Crippen molar-refractivity contribution in [1.29, 1.82) is 0 Å². The number of hydrogen-bond acceptors (Lipinski definition) is 9. The summed E-state index contributed by atoms with van der Waals surface area (Å²) < 4.78 is 20.9. The van der Waals surface area contributed by atoms with Crippen LogP contribution in [0.3, 0.4) is 0 Å². The molecule has 0 spiro atoms. The smallest absolute Gasteiger partial charge is 0.306 e. The molecule has 0 radical (unpaired) electrons. The molecule has 0 aromatic heterocycles. The van der Waals surface area contributed by atoms with Crippen molar-refractivity contribution in [3.8, 4) is 0 Å². The van der Waals surface area contributed by atoms with Crippen LogP contribution in [0.2, 0.25) is 0 Å². The molecule has 0 saturated carbocycles. The normalized spacial score (nSPS) is 13.1. The fourth-order valence-corrected chi connectivity index (χ4v) is 1.97. The zero-order chi connectivity index (χ0) is 21.1. The van der Waals surface area contributed by atoms with Gasteiger partial charge in [0.05, 0.1) is 72.3 Å². The molecule has 1 unspecified atom stereocenters. The molecule has 11 nitrogen and oxygen atoms in total. The van der Waals surface area contributed by atoms with E-state index in [9.17, 15) is 19.5 Å². The summed E-state index contributed by atoms with van der Waals surface area (Å²) in [7, 11) is 0. The molecule has 0 bridgehead atoms. The third-order valence-corrected chi connectivity index (χ3v) is 3.33. The van der Waals surface area contributed by atoms with Gasteiger partial charge in [-0.25, -0.2) is 0 Å². The van der Waals surface area contributed by atoms with Crippen LogP contribution in [0.1, 0.15) is 19.3 Å². The van der Waals surface area contributed by atoms with Crippen LogP contribution in [-0.2, 0) is 33.3 Å². The van der Waals surface area contributed by atoms with Gasteiger partial charge in [0.25, 0.3) is 0 Å². The van der Waals surface area contributed by atoms with Crippen LogP contribution in [-0.4, -0.2) is 105 Å². The highest BCUT2D eigenvalue weighted by molar-refractivity contribution is 5.78. The molecule has 0 rings (SSSR count). The lowest BCUT2D eigenvalue weighted by atomic mass is 9.96. The average Bonchev–Trinajstić information content (AvgIpc) is 2.64. The summed E-state index contributed by atoms with van der Waals surface area (Å²) in [6.07, 6.45) is -0.0605. The largest absolute Gasteiger partial charge is 0.481 e. The van der Waals surface area contributed by atoms with E-state index in [0.29, 0.717) is 52.7 Å². The highest BCUT2D eigenvalue weighted by Gasteiger charge is 2.32. The Balaban J connectivity index is 3.44. The van der Waals surface area contributed by atoms with Gasteiger partial charge >= 0.3 is 5.97 Å². The molecule has 0 aliphatic heterocycles. The van der Waals surface area contributed by atoms with Gasteiger partial charge in [0, 0.05) is 13.0 Å². The van der Waals surface area contributed by atoms with Crippen LogP contribution in [0.4, 0.5) is 0 Å². The number of hydrogen-bond donors (Lipinski definition) is 4. The molecule has 1 amide bonds. The molecule has 0 heterocycles. The second-order valence-electron chi connectivity index (χ2n) is 5.88. The number of carbonyl (C=O) groups is 3. The average molecular weight is 409 g/mol. The number of nitrogens with one attached hydrogen (secondary N) is 1. The monoisotopic (exact) mass is 409 g/mol. The van der Waals surface area contributed by atoms with Gasteiger partial charge in [-0.05, 0) is 0 Å². The molecular weight excluding hydrogens is 378 g/mol. The maximum absolute atomic E-state index is 11.6. The molecule has 11 heteroatoms. The SMILES string of the molecule is O=CCCOCCOCCOCCOCCNC(=O)CC(O)(CO)CC(=O)O. The molecule has 0 aromatic rings. The van der Waals surface area contributed by atoms with Gasteiger partial charge in [-0.1, -0.05) is 0 Å². The number of aliphatic hydroxyl groups excluding tert-OH is 1. The van der Waals surface area contributed by atoms with Crippen molar-refractivity contribution in [2.24, 2.45) is 0 Å². The summed E-state index contributed by atoms with van der Waals surface area (Å²) in [4.78, 5) is 32.3. The van der Waals surface area contributed by atoms with Crippen LogP contribution >= 0.6 is 0 Å². The Bertz CT molecular complexity index is 434. The highest BCUT2D eigenvalue weighted by atomic mass is 16.6. The molecule has 0 saturated heterocycles. The van der Waals surface area contributed by atoms with Crippen LogP contribution in [0.25, 0.3) is 0 Å². The Morgan fingerprint density at radius 2 is 1.36 bits per heavy atom. The number of aldehydes is 1. The Hall–Kier alpha value is -1.63. The molecule has 1 atom stereocenters. The summed E-state index contributed by atoms with van der Waals surface area (Å²) in [5.41, 5.74) is -1.98. The first-order chi connectivity index (χ1) is 13.4. The van der Waals surface area contributed by atoms with Crippen molar-refractivity contribution in [2.45, 2.75) is 24.9 Å². The number of aliphatic hydroxyl groups is 2. The number of carboxylic acid groups (broad SMARTS) is 1. The topological polar surface area (TPSA) is 161 Å². The Labute approximate surface area is 163 Å². The van der Waals surface area contributed by atoms with E-state index in [1.54, 1.807) is 0 Å². The van der Waals surface area contributed by atoms with Gasteiger partial charge in [0.2, 0.25) is 5.91 Å². The lowest BCUT2D eigenvalue weighted by Crippen LogP contribution is -2.42. The van der Waals surface area contributed by atoms with Crippen LogP contribution in [0.15, 0.2) is 0 Å². The zero-order valence-corrected chi connectivity index (χ0v) is 16.0. The Morgan fingerprint density at radius 1 is 0.857 bits per heavy atom. The van der Waals surface area contributed by atoms with Crippen molar-refractivity contribution in [2.75, 3.05) is 66.0 Å². The van der Waals surface area contributed by atoms with E-state index in [-0.39, 0.29) is 13.2 Å². The lowest BCUT2D eigenvalue weighted by Gasteiger charge is -2.23. The van der Waals surface area contributed by atoms with Gasteiger partial charge in [0.15, 0.2) is 0 Å². The number of carbonyl (C=O) groups excluding carboxylic acids is 2. The summed E-state index contributed by atoms with van der Waals surface area (Å²) in [5, 5.41) is 30.0. The summed E-state index contributed by atoms with van der Waals surface area (Å²) >= 11 is 0.